The van der Waals surface area contributed by atoms with Crippen molar-refractivity contribution in [3.8, 4) is 0 Å². The minimum absolute atomic E-state index is 0.191. The molecule has 6 heteroatoms. The van der Waals surface area contributed by atoms with E-state index in [9.17, 15) is 14.7 Å². The maximum Gasteiger partial charge on any atom is 0.303 e. The van der Waals surface area contributed by atoms with Crippen molar-refractivity contribution in [1.82, 2.24) is 4.90 Å². The molecule has 0 spiro atoms. The van der Waals surface area contributed by atoms with E-state index in [-0.39, 0.29) is 23.8 Å². The molecule has 24 heavy (non-hydrogen) atoms. The van der Waals surface area contributed by atoms with E-state index in [1.54, 1.807) is 11.8 Å². The molecule has 0 aromatic rings. The molecule has 0 radical (unpaired) electrons. The topological polar surface area (TPSA) is 77.8 Å². The Morgan fingerprint density at radius 3 is 2.67 bits per heavy atom. The number of unbranched alkanes of at least 4 members (excludes halogenated alkanes) is 5. The summed E-state index contributed by atoms with van der Waals surface area (Å²) in [6.07, 6.45) is 9.50. The van der Waals surface area contributed by atoms with Gasteiger partial charge in [-0.25, -0.2) is 0 Å². The first-order valence-corrected chi connectivity index (χ1v) is 10.4. The molecule has 0 bridgehead atoms. The first kappa shape index (κ1) is 21.3. The number of hydrogen-bond acceptors (Lipinski definition) is 4. The van der Waals surface area contributed by atoms with Crippen LogP contribution in [0.15, 0.2) is 0 Å². The number of carbonyl (C=O) groups is 2. The second-order valence-corrected chi connectivity index (χ2v) is 7.80. The lowest BCUT2D eigenvalue weighted by Crippen LogP contribution is -2.35. The van der Waals surface area contributed by atoms with Gasteiger partial charge >= 0.3 is 5.97 Å². The van der Waals surface area contributed by atoms with Crippen LogP contribution >= 0.6 is 11.8 Å². The van der Waals surface area contributed by atoms with Crippen molar-refractivity contribution >= 4 is 23.6 Å². The van der Waals surface area contributed by atoms with E-state index in [2.05, 4.69) is 6.92 Å². The van der Waals surface area contributed by atoms with Gasteiger partial charge in [-0.2, -0.15) is 0 Å². The van der Waals surface area contributed by atoms with E-state index in [0.717, 1.165) is 57.8 Å². The van der Waals surface area contributed by atoms with E-state index in [4.69, 9.17) is 5.11 Å². The van der Waals surface area contributed by atoms with Crippen molar-refractivity contribution in [2.24, 2.45) is 0 Å². The zero-order valence-electron chi connectivity index (χ0n) is 14.9. The fourth-order valence-electron chi connectivity index (χ4n) is 3.02. The van der Waals surface area contributed by atoms with E-state index in [1.807, 2.05) is 4.90 Å². The summed E-state index contributed by atoms with van der Waals surface area (Å²) in [5, 5.41) is 18.9. The summed E-state index contributed by atoms with van der Waals surface area (Å²) in [5.74, 6) is 0.0162. The third-order valence-electron chi connectivity index (χ3n) is 4.50. The Kier molecular flexibility index (Phi) is 11.2. The Balaban J connectivity index is 2.19. The lowest BCUT2D eigenvalue weighted by molar-refractivity contribution is -0.137. The second kappa shape index (κ2) is 12.6. The molecule has 1 aliphatic rings. The average Bonchev–Trinajstić information content (AvgIpc) is 2.89. The maximum atomic E-state index is 12.0. The van der Waals surface area contributed by atoms with E-state index in [1.165, 1.54) is 0 Å². The molecule has 140 valence electrons. The van der Waals surface area contributed by atoms with Crippen LogP contribution in [0.2, 0.25) is 0 Å². The van der Waals surface area contributed by atoms with Gasteiger partial charge in [0.1, 0.15) is 0 Å². The first-order valence-electron chi connectivity index (χ1n) is 9.35. The molecule has 0 saturated carbocycles. The first-order chi connectivity index (χ1) is 11.5. The average molecular weight is 360 g/mol. The highest BCUT2D eigenvalue weighted by Gasteiger charge is 2.30. The molecule has 0 aliphatic carbocycles. The van der Waals surface area contributed by atoms with Crippen LogP contribution in [0.5, 0.6) is 0 Å². The lowest BCUT2D eigenvalue weighted by atomic mass is 10.1. The predicted octanol–water partition coefficient (Wildman–Crippen LogP) is 3.64. The highest BCUT2D eigenvalue weighted by Crippen LogP contribution is 2.29. The molecule has 1 amide bonds. The quantitative estimate of drug-likeness (QED) is 0.463. The van der Waals surface area contributed by atoms with Gasteiger partial charge in [-0.05, 0) is 25.7 Å². The molecular formula is C18H33NO4S. The normalized spacial score (nSPS) is 19.0. The zero-order valence-corrected chi connectivity index (χ0v) is 15.7. The fraction of sp³-hybridized carbons (Fsp3) is 0.889. The van der Waals surface area contributed by atoms with Gasteiger partial charge in [-0.3, -0.25) is 9.59 Å². The van der Waals surface area contributed by atoms with Gasteiger partial charge in [-0.1, -0.05) is 45.4 Å². The SMILES string of the molecule is CCCCC[C@H](O)CCN1C(=O)CSC1CCCCCCC(=O)O. The molecule has 1 saturated heterocycles. The Bertz CT molecular complexity index is 378. The number of thioether (sulfide) groups is 1. The maximum absolute atomic E-state index is 12.0. The van der Waals surface area contributed by atoms with Gasteiger partial charge in [0, 0.05) is 13.0 Å². The third kappa shape index (κ3) is 8.92. The van der Waals surface area contributed by atoms with Crippen molar-refractivity contribution in [1.29, 1.82) is 0 Å². The highest BCUT2D eigenvalue weighted by atomic mass is 32.2. The number of rotatable bonds is 14. The standard InChI is InChI=1S/C18H33NO4S/c1-2-3-6-9-15(20)12-13-19-16(21)14-24-17(19)10-7-4-5-8-11-18(22)23/h15,17,20H,2-14H2,1H3,(H,22,23)/t15-,17?/m0/s1. The minimum atomic E-state index is -0.726. The van der Waals surface area contributed by atoms with Crippen LogP contribution in [0.3, 0.4) is 0 Å². The smallest absolute Gasteiger partial charge is 0.303 e. The molecular weight excluding hydrogens is 326 g/mol. The van der Waals surface area contributed by atoms with Crippen LogP contribution in [0.1, 0.15) is 77.6 Å². The van der Waals surface area contributed by atoms with Crippen LogP contribution in [-0.4, -0.2) is 50.8 Å². The summed E-state index contributed by atoms with van der Waals surface area (Å²) in [6.45, 7) is 2.81. The molecule has 2 atom stereocenters. The summed E-state index contributed by atoms with van der Waals surface area (Å²) in [4.78, 5) is 24.4. The molecule has 1 heterocycles. The Labute approximate surface area is 150 Å². The summed E-state index contributed by atoms with van der Waals surface area (Å²) in [6, 6.07) is 0. The van der Waals surface area contributed by atoms with Crippen LogP contribution in [-0.2, 0) is 9.59 Å². The summed E-state index contributed by atoms with van der Waals surface area (Å²) >= 11 is 1.70. The number of nitrogens with zero attached hydrogens (tertiary/aromatic N) is 1. The lowest BCUT2D eigenvalue weighted by Gasteiger charge is -2.25. The highest BCUT2D eigenvalue weighted by molar-refractivity contribution is 8.00. The summed E-state index contributed by atoms with van der Waals surface area (Å²) in [5.41, 5.74) is 0. The third-order valence-corrected chi connectivity index (χ3v) is 5.79. The molecule has 5 nitrogen and oxygen atoms in total. The van der Waals surface area contributed by atoms with Crippen molar-refractivity contribution in [2.75, 3.05) is 12.3 Å². The van der Waals surface area contributed by atoms with Gasteiger partial charge < -0.3 is 15.1 Å². The summed E-state index contributed by atoms with van der Waals surface area (Å²) < 4.78 is 0. The molecule has 0 aromatic carbocycles. The van der Waals surface area contributed by atoms with Crippen LogP contribution in [0.4, 0.5) is 0 Å². The van der Waals surface area contributed by atoms with Crippen molar-refractivity contribution in [3.63, 3.8) is 0 Å². The Hall–Kier alpha value is -0.750. The zero-order chi connectivity index (χ0) is 17.8. The Morgan fingerprint density at radius 2 is 1.96 bits per heavy atom. The molecule has 1 fully saturated rings. The number of aliphatic hydroxyl groups is 1. The largest absolute Gasteiger partial charge is 0.481 e. The van der Waals surface area contributed by atoms with Gasteiger partial charge in [0.25, 0.3) is 0 Å². The second-order valence-electron chi connectivity index (χ2n) is 6.64. The van der Waals surface area contributed by atoms with Crippen molar-refractivity contribution < 1.29 is 19.8 Å². The number of amides is 1. The minimum Gasteiger partial charge on any atom is -0.481 e. The summed E-state index contributed by atoms with van der Waals surface area (Å²) in [7, 11) is 0. The van der Waals surface area contributed by atoms with Gasteiger partial charge in [0.15, 0.2) is 0 Å². The van der Waals surface area contributed by atoms with Crippen molar-refractivity contribution in [2.45, 2.75) is 89.0 Å². The monoisotopic (exact) mass is 359 g/mol. The van der Waals surface area contributed by atoms with E-state index in [0.29, 0.717) is 18.7 Å². The number of aliphatic hydroxyl groups excluding tert-OH is 1. The van der Waals surface area contributed by atoms with Crippen LogP contribution in [0, 0.1) is 0 Å². The Morgan fingerprint density at radius 1 is 1.21 bits per heavy atom. The number of carbonyl (C=O) groups excluding carboxylic acids is 1. The molecule has 0 aromatic heterocycles. The molecule has 1 aliphatic heterocycles. The van der Waals surface area contributed by atoms with Crippen molar-refractivity contribution in [3.05, 3.63) is 0 Å². The number of hydrogen-bond donors (Lipinski definition) is 2. The fourth-order valence-corrected chi connectivity index (χ4v) is 4.26. The van der Waals surface area contributed by atoms with Gasteiger partial charge in [-0.15, -0.1) is 11.8 Å². The van der Waals surface area contributed by atoms with Crippen LogP contribution < -0.4 is 0 Å². The number of carboxylic acids is 1. The van der Waals surface area contributed by atoms with E-state index >= 15 is 0 Å². The molecule has 2 N–H and O–H groups in total. The molecule has 1 unspecified atom stereocenters. The number of carboxylic acid groups (broad SMARTS) is 1. The van der Waals surface area contributed by atoms with E-state index < -0.39 is 5.97 Å². The van der Waals surface area contributed by atoms with Gasteiger partial charge in [0.05, 0.1) is 17.2 Å². The van der Waals surface area contributed by atoms with Gasteiger partial charge in [0.2, 0.25) is 5.91 Å². The number of aliphatic carboxylic acids is 1. The predicted molar refractivity (Wildman–Crippen MR) is 98.1 cm³/mol. The van der Waals surface area contributed by atoms with Crippen LogP contribution in [0.25, 0.3) is 0 Å². The molecule has 1 rings (SSSR count).